The molecule has 2 aromatic rings. The number of halogens is 4. The number of rotatable bonds is 7. The summed E-state index contributed by atoms with van der Waals surface area (Å²) in [7, 11) is 0.543. The number of nitrogens with one attached hydrogen (secondary N) is 2. The number of guanidine groups is 1. The number of aliphatic imine (C=N–C) groups is 1. The molecule has 0 aliphatic heterocycles. The van der Waals surface area contributed by atoms with Crippen molar-refractivity contribution in [1.29, 1.82) is 0 Å². The summed E-state index contributed by atoms with van der Waals surface area (Å²) in [6.07, 6.45) is -3.75. The topological polar surface area (TPSA) is 53.5 Å². The average molecular weight is 525 g/mol. The Kier molecular flexibility index (Phi) is 10.5. The van der Waals surface area contributed by atoms with Gasteiger partial charge in [-0.1, -0.05) is 30.3 Å². The Hall–Kier alpha value is -1.62. The third-order valence-corrected chi connectivity index (χ3v) is 5.17. The minimum atomic E-state index is -4.32. The smallest absolute Gasteiger partial charge is 0.356 e. The first-order valence-electron chi connectivity index (χ1n) is 8.44. The van der Waals surface area contributed by atoms with E-state index >= 15 is 0 Å². The third-order valence-electron chi connectivity index (χ3n) is 3.80. The first-order chi connectivity index (χ1) is 12.9. The normalized spacial score (nSPS) is 12.8. The van der Waals surface area contributed by atoms with Gasteiger partial charge in [-0.2, -0.15) is 13.2 Å². The highest BCUT2D eigenvalue weighted by molar-refractivity contribution is 14.0. The predicted octanol–water partition coefficient (Wildman–Crippen LogP) is 3.84. The molecule has 0 bridgehead atoms. The summed E-state index contributed by atoms with van der Waals surface area (Å²) >= 11 is 0. The van der Waals surface area contributed by atoms with E-state index in [1.807, 2.05) is 30.3 Å². The predicted molar refractivity (Wildman–Crippen MR) is 118 cm³/mol. The molecule has 0 heterocycles. The Morgan fingerprint density at radius 3 is 2.18 bits per heavy atom. The van der Waals surface area contributed by atoms with Crippen LogP contribution in [0.3, 0.4) is 0 Å². The van der Waals surface area contributed by atoms with Gasteiger partial charge in [0.15, 0.2) is 5.96 Å². The Balaban J connectivity index is 0.00000392. The second-order valence-electron chi connectivity index (χ2n) is 5.73. The molecule has 2 rings (SSSR count). The molecule has 0 fully saturated rings. The minimum absolute atomic E-state index is 0. The first kappa shape index (κ1) is 24.4. The van der Waals surface area contributed by atoms with Crippen LogP contribution in [0.2, 0.25) is 0 Å². The van der Waals surface area contributed by atoms with E-state index in [0.29, 0.717) is 31.2 Å². The van der Waals surface area contributed by atoms with Crippen LogP contribution in [-0.2, 0) is 23.4 Å². The zero-order chi connectivity index (χ0) is 19.7. The fourth-order valence-electron chi connectivity index (χ4n) is 2.36. The van der Waals surface area contributed by atoms with Gasteiger partial charge in [0.05, 0.1) is 16.4 Å². The molecular formula is C19H23F3IN3OS. The van der Waals surface area contributed by atoms with Crippen LogP contribution in [0.1, 0.15) is 11.1 Å². The van der Waals surface area contributed by atoms with Crippen LogP contribution >= 0.6 is 24.0 Å². The zero-order valence-corrected chi connectivity index (χ0v) is 18.5. The quantitative estimate of drug-likeness (QED) is 0.328. The van der Waals surface area contributed by atoms with E-state index in [9.17, 15) is 17.4 Å². The van der Waals surface area contributed by atoms with Gasteiger partial charge in [0.25, 0.3) is 0 Å². The van der Waals surface area contributed by atoms with E-state index in [4.69, 9.17) is 0 Å². The number of hydrogen-bond donors (Lipinski definition) is 2. The Labute approximate surface area is 182 Å². The standard InChI is InChI=1S/C19H22F3N3OS.HI/c1-23-18(25-13-14-27(26)17-5-3-2-4-6-17)24-12-11-15-7-9-16(10-8-15)19(20,21)22;/h2-10H,11-14H2,1H3,(H2,23,24,25);1H. The fraction of sp³-hybridized carbons (Fsp3) is 0.316. The highest BCUT2D eigenvalue weighted by Gasteiger charge is 2.29. The Morgan fingerprint density at radius 1 is 1.00 bits per heavy atom. The van der Waals surface area contributed by atoms with Crippen LogP contribution in [0.15, 0.2) is 64.5 Å². The lowest BCUT2D eigenvalue weighted by Gasteiger charge is -2.12. The molecule has 0 radical (unpaired) electrons. The van der Waals surface area contributed by atoms with E-state index < -0.39 is 22.5 Å². The van der Waals surface area contributed by atoms with Crippen LogP contribution in [0.5, 0.6) is 0 Å². The van der Waals surface area contributed by atoms with Crippen LogP contribution in [0.25, 0.3) is 0 Å². The van der Waals surface area contributed by atoms with E-state index in [2.05, 4.69) is 15.6 Å². The minimum Gasteiger partial charge on any atom is -0.356 e. The Morgan fingerprint density at radius 2 is 1.61 bits per heavy atom. The van der Waals surface area contributed by atoms with E-state index in [1.165, 1.54) is 12.1 Å². The summed E-state index contributed by atoms with van der Waals surface area (Å²) in [5.74, 6) is 1.01. The maximum Gasteiger partial charge on any atom is 0.416 e. The molecular weight excluding hydrogens is 502 g/mol. The van der Waals surface area contributed by atoms with Crippen LogP contribution in [0.4, 0.5) is 13.2 Å². The van der Waals surface area contributed by atoms with Gasteiger partial charge in [-0.3, -0.25) is 9.20 Å². The summed E-state index contributed by atoms with van der Waals surface area (Å²) in [5, 5.41) is 6.18. The number of alkyl halides is 3. The molecule has 1 unspecified atom stereocenters. The molecule has 0 aliphatic rings. The second-order valence-corrected chi connectivity index (χ2v) is 7.30. The third kappa shape index (κ3) is 8.17. The molecule has 0 aliphatic carbocycles. The van der Waals surface area contributed by atoms with Crippen molar-refractivity contribution in [2.75, 3.05) is 25.9 Å². The van der Waals surface area contributed by atoms with Gasteiger partial charge >= 0.3 is 6.18 Å². The summed E-state index contributed by atoms with van der Waals surface area (Å²) < 4.78 is 49.8. The van der Waals surface area contributed by atoms with E-state index in [0.717, 1.165) is 22.6 Å². The molecule has 0 saturated carbocycles. The summed E-state index contributed by atoms with van der Waals surface area (Å²) in [5.41, 5.74) is 0.152. The highest BCUT2D eigenvalue weighted by Crippen LogP contribution is 2.29. The van der Waals surface area contributed by atoms with Gasteiger partial charge in [-0.25, -0.2) is 0 Å². The lowest BCUT2D eigenvalue weighted by molar-refractivity contribution is -0.137. The molecule has 0 saturated heterocycles. The summed E-state index contributed by atoms with van der Waals surface area (Å²) in [6, 6.07) is 14.3. The van der Waals surface area contributed by atoms with Crippen molar-refractivity contribution in [2.24, 2.45) is 4.99 Å². The van der Waals surface area contributed by atoms with Gasteiger partial charge in [-0.15, -0.1) is 24.0 Å². The summed E-state index contributed by atoms with van der Waals surface area (Å²) in [4.78, 5) is 4.86. The molecule has 0 amide bonds. The van der Waals surface area contributed by atoms with Crippen molar-refractivity contribution in [3.63, 3.8) is 0 Å². The van der Waals surface area contributed by atoms with E-state index in [-0.39, 0.29) is 24.0 Å². The molecule has 0 aromatic heterocycles. The monoisotopic (exact) mass is 525 g/mol. The van der Waals surface area contributed by atoms with E-state index in [1.54, 1.807) is 7.05 Å². The first-order valence-corrected chi connectivity index (χ1v) is 9.76. The van der Waals surface area contributed by atoms with Gasteiger partial charge in [0.1, 0.15) is 0 Å². The molecule has 28 heavy (non-hydrogen) atoms. The molecule has 2 N–H and O–H groups in total. The van der Waals surface area contributed by atoms with Gasteiger partial charge < -0.3 is 10.6 Å². The molecule has 154 valence electrons. The highest BCUT2D eigenvalue weighted by atomic mass is 127. The summed E-state index contributed by atoms with van der Waals surface area (Å²) in [6.45, 7) is 1.01. The zero-order valence-electron chi connectivity index (χ0n) is 15.3. The van der Waals surface area contributed by atoms with Crippen molar-refractivity contribution >= 4 is 40.7 Å². The number of nitrogens with zero attached hydrogens (tertiary/aromatic N) is 1. The molecule has 2 aromatic carbocycles. The Bertz CT molecular complexity index is 768. The lowest BCUT2D eigenvalue weighted by atomic mass is 10.1. The SMILES string of the molecule is CN=C(NCCc1ccc(C(F)(F)F)cc1)NCCS(=O)c1ccccc1.I. The number of benzene rings is 2. The maximum atomic E-state index is 12.5. The van der Waals surface area contributed by atoms with Gasteiger partial charge in [0.2, 0.25) is 0 Å². The van der Waals surface area contributed by atoms with Crippen molar-refractivity contribution in [2.45, 2.75) is 17.5 Å². The fourth-order valence-corrected chi connectivity index (χ4v) is 3.34. The second kappa shape index (κ2) is 12.1. The van der Waals surface area contributed by atoms with Crippen molar-refractivity contribution < 1.29 is 17.4 Å². The average Bonchev–Trinajstić information content (AvgIpc) is 2.67. The van der Waals surface area contributed by atoms with Crippen molar-refractivity contribution in [3.05, 3.63) is 65.7 Å². The number of hydrogen-bond acceptors (Lipinski definition) is 2. The molecule has 4 nitrogen and oxygen atoms in total. The van der Waals surface area contributed by atoms with Crippen molar-refractivity contribution in [1.82, 2.24) is 10.6 Å². The molecule has 0 spiro atoms. The van der Waals surface area contributed by atoms with Gasteiger partial charge in [0, 0.05) is 30.8 Å². The molecule has 1 atom stereocenters. The van der Waals surface area contributed by atoms with Crippen LogP contribution in [0, 0.1) is 0 Å². The van der Waals surface area contributed by atoms with Crippen LogP contribution < -0.4 is 10.6 Å². The van der Waals surface area contributed by atoms with Gasteiger partial charge in [-0.05, 0) is 36.2 Å². The largest absolute Gasteiger partial charge is 0.416 e. The van der Waals surface area contributed by atoms with Crippen LogP contribution in [-0.4, -0.2) is 36.1 Å². The molecule has 9 heteroatoms. The van der Waals surface area contributed by atoms with Crippen molar-refractivity contribution in [3.8, 4) is 0 Å². The maximum absolute atomic E-state index is 12.5. The lowest BCUT2D eigenvalue weighted by Crippen LogP contribution is -2.40.